The van der Waals surface area contributed by atoms with Gasteiger partial charge in [0.25, 0.3) is 5.91 Å². The maximum absolute atomic E-state index is 13.1. The third kappa shape index (κ3) is 6.12. The van der Waals surface area contributed by atoms with Crippen LogP contribution in [0.15, 0.2) is 66.7 Å². The molecule has 0 aliphatic rings. The molecule has 0 atom stereocenters. The Labute approximate surface area is 188 Å². The number of rotatable bonds is 7. The van der Waals surface area contributed by atoms with Crippen LogP contribution < -0.4 is 10.1 Å². The summed E-state index contributed by atoms with van der Waals surface area (Å²) in [5.41, 5.74) is 1.29. The first kappa shape index (κ1) is 23.8. The van der Waals surface area contributed by atoms with Crippen molar-refractivity contribution < 1.29 is 32.6 Å². The number of anilines is 1. The molecule has 0 aliphatic carbocycles. The number of hydrogen-bond donors (Lipinski definition) is 2. The van der Waals surface area contributed by atoms with Crippen LogP contribution in [-0.4, -0.2) is 23.1 Å². The maximum atomic E-state index is 13.1. The molecule has 1 amide bonds. The first-order valence-corrected chi connectivity index (χ1v) is 10.1. The Balaban J connectivity index is 1.92. The van der Waals surface area contributed by atoms with E-state index in [1.165, 1.54) is 12.1 Å². The monoisotopic (exact) mass is 457 g/mol. The van der Waals surface area contributed by atoms with E-state index in [2.05, 4.69) is 5.32 Å². The molecule has 0 radical (unpaired) electrons. The zero-order valence-corrected chi connectivity index (χ0v) is 17.9. The van der Waals surface area contributed by atoms with Gasteiger partial charge in [-0.15, -0.1) is 0 Å². The number of carbonyl (C=O) groups excluding carboxylic acids is 1. The molecule has 0 saturated heterocycles. The van der Waals surface area contributed by atoms with Gasteiger partial charge in [-0.2, -0.15) is 13.2 Å². The molecule has 0 saturated carbocycles. The summed E-state index contributed by atoms with van der Waals surface area (Å²) in [6, 6.07) is 15.9. The Bertz CT molecular complexity index is 1160. The van der Waals surface area contributed by atoms with E-state index < -0.39 is 23.6 Å². The fourth-order valence-corrected chi connectivity index (χ4v) is 3.27. The molecule has 2 N–H and O–H groups in total. The SMILES string of the molecule is CC(C)Oc1cc(CC(=O)O)ccc1NC(=O)c1ccccc1-c1ccc(C(F)(F)F)cc1. The second-order valence-electron chi connectivity index (χ2n) is 7.64. The van der Waals surface area contributed by atoms with Crippen molar-refractivity contribution in [2.45, 2.75) is 32.5 Å². The minimum atomic E-state index is -4.45. The van der Waals surface area contributed by atoms with Crippen molar-refractivity contribution in [3.63, 3.8) is 0 Å². The van der Waals surface area contributed by atoms with Crippen LogP contribution >= 0.6 is 0 Å². The van der Waals surface area contributed by atoms with Gasteiger partial charge >= 0.3 is 12.1 Å². The van der Waals surface area contributed by atoms with Gasteiger partial charge in [0.1, 0.15) is 5.75 Å². The lowest BCUT2D eigenvalue weighted by Crippen LogP contribution is -2.16. The molecule has 3 rings (SSSR count). The highest BCUT2D eigenvalue weighted by Crippen LogP contribution is 2.33. The summed E-state index contributed by atoms with van der Waals surface area (Å²) in [5.74, 6) is -1.15. The summed E-state index contributed by atoms with van der Waals surface area (Å²) >= 11 is 0. The van der Waals surface area contributed by atoms with Gasteiger partial charge < -0.3 is 15.2 Å². The highest BCUT2D eigenvalue weighted by atomic mass is 19.4. The fraction of sp³-hybridized carbons (Fsp3) is 0.200. The summed E-state index contributed by atoms with van der Waals surface area (Å²) in [6.07, 6.45) is -4.87. The number of nitrogens with one attached hydrogen (secondary N) is 1. The Morgan fingerprint density at radius 1 is 1.00 bits per heavy atom. The summed E-state index contributed by atoms with van der Waals surface area (Å²) in [4.78, 5) is 24.1. The van der Waals surface area contributed by atoms with Crippen LogP contribution in [0.4, 0.5) is 18.9 Å². The molecule has 172 valence electrons. The smallest absolute Gasteiger partial charge is 0.416 e. The van der Waals surface area contributed by atoms with E-state index in [0.29, 0.717) is 28.1 Å². The number of halogens is 3. The standard InChI is InChI=1S/C25H22F3NO4/c1-15(2)33-22-13-16(14-23(30)31)7-12-21(22)29-24(32)20-6-4-3-5-19(20)17-8-10-18(11-9-17)25(26,27)28/h3-13,15H,14H2,1-2H3,(H,29,32)(H,30,31). The Morgan fingerprint density at radius 3 is 2.27 bits per heavy atom. The van der Waals surface area contributed by atoms with E-state index in [1.807, 2.05) is 0 Å². The predicted octanol–water partition coefficient (Wildman–Crippen LogP) is 6.04. The number of hydrogen-bond acceptors (Lipinski definition) is 3. The van der Waals surface area contributed by atoms with Gasteiger partial charge in [-0.25, -0.2) is 0 Å². The van der Waals surface area contributed by atoms with Crippen LogP contribution in [0.5, 0.6) is 5.75 Å². The molecular formula is C25H22F3NO4. The van der Waals surface area contributed by atoms with Crippen LogP contribution in [0.2, 0.25) is 0 Å². The molecular weight excluding hydrogens is 435 g/mol. The fourth-order valence-electron chi connectivity index (χ4n) is 3.27. The number of amides is 1. The van der Waals surface area contributed by atoms with Gasteiger partial charge in [0.15, 0.2) is 0 Å². The van der Waals surface area contributed by atoms with Crippen LogP contribution in [0.1, 0.15) is 35.3 Å². The van der Waals surface area contributed by atoms with E-state index >= 15 is 0 Å². The van der Waals surface area contributed by atoms with Gasteiger partial charge in [-0.3, -0.25) is 9.59 Å². The summed E-state index contributed by atoms with van der Waals surface area (Å²) in [5, 5.41) is 11.8. The average molecular weight is 457 g/mol. The lowest BCUT2D eigenvalue weighted by molar-refractivity contribution is -0.138. The van der Waals surface area contributed by atoms with Gasteiger partial charge in [0.05, 0.1) is 23.8 Å². The summed E-state index contributed by atoms with van der Waals surface area (Å²) < 4.78 is 44.4. The Hall–Kier alpha value is -3.81. The molecule has 5 nitrogen and oxygen atoms in total. The topological polar surface area (TPSA) is 75.6 Å². The number of aliphatic carboxylic acids is 1. The van der Waals surface area contributed by atoms with Gasteiger partial charge in [0, 0.05) is 5.56 Å². The molecule has 0 bridgehead atoms. The van der Waals surface area contributed by atoms with Crippen LogP contribution in [-0.2, 0) is 17.4 Å². The zero-order chi connectivity index (χ0) is 24.2. The van der Waals surface area contributed by atoms with Gasteiger partial charge in [-0.05, 0) is 60.9 Å². The van der Waals surface area contributed by atoms with Crippen LogP contribution in [0.3, 0.4) is 0 Å². The largest absolute Gasteiger partial charge is 0.489 e. The number of carbonyl (C=O) groups is 2. The highest BCUT2D eigenvalue weighted by molar-refractivity contribution is 6.09. The second-order valence-corrected chi connectivity index (χ2v) is 7.64. The molecule has 3 aromatic rings. The van der Waals surface area contributed by atoms with E-state index in [4.69, 9.17) is 9.84 Å². The van der Waals surface area contributed by atoms with Crippen molar-refractivity contribution in [2.75, 3.05) is 5.32 Å². The number of benzene rings is 3. The molecule has 0 unspecified atom stereocenters. The van der Waals surface area contributed by atoms with Crippen LogP contribution in [0.25, 0.3) is 11.1 Å². The molecule has 3 aromatic carbocycles. The van der Waals surface area contributed by atoms with Gasteiger partial charge in [-0.1, -0.05) is 36.4 Å². The van der Waals surface area contributed by atoms with E-state index in [1.54, 1.807) is 56.3 Å². The first-order valence-electron chi connectivity index (χ1n) is 10.1. The predicted molar refractivity (Wildman–Crippen MR) is 118 cm³/mol. The van der Waals surface area contributed by atoms with Crippen molar-refractivity contribution in [2.24, 2.45) is 0 Å². The molecule has 33 heavy (non-hydrogen) atoms. The van der Waals surface area contributed by atoms with Crippen LogP contribution in [0, 0.1) is 0 Å². The van der Waals surface area contributed by atoms with Crippen molar-refractivity contribution >= 4 is 17.6 Å². The van der Waals surface area contributed by atoms with Crippen molar-refractivity contribution in [1.82, 2.24) is 0 Å². The first-order chi connectivity index (χ1) is 15.5. The number of carboxylic acid groups (broad SMARTS) is 1. The average Bonchev–Trinajstić information content (AvgIpc) is 2.74. The molecule has 8 heteroatoms. The quantitative estimate of drug-likeness (QED) is 0.454. The third-order valence-electron chi connectivity index (χ3n) is 4.71. The zero-order valence-electron chi connectivity index (χ0n) is 17.9. The number of carboxylic acids is 1. The molecule has 0 spiro atoms. The van der Waals surface area contributed by atoms with E-state index in [-0.39, 0.29) is 18.1 Å². The molecule has 0 aliphatic heterocycles. The minimum Gasteiger partial charge on any atom is -0.489 e. The van der Waals surface area contributed by atoms with Crippen molar-refractivity contribution in [3.8, 4) is 16.9 Å². The van der Waals surface area contributed by atoms with Crippen molar-refractivity contribution in [1.29, 1.82) is 0 Å². The molecule has 0 aromatic heterocycles. The highest BCUT2D eigenvalue weighted by Gasteiger charge is 2.30. The Kier molecular flexibility index (Phi) is 7.06. The summed E-state index contributed by atoms with van der Waals surface area (Å²) in [6.45, 7) is 3.60. The molecule has 0 fully saturated rings. The van der Waals surface area contributed by atoms with Crippen molar-refractivity contribution in [3.05, 3.63) is 83.4 Å². The normalized spacial score (nSPS) is 11.3. The number of alkyl halides is 3. The summed E-state index contributed by atoms with van der Waals surface area (Å²) in [7, 11) is 0. The van der Waals surface area contributed by atoms with E-state index in [9.17, 15) is 22.8 Å². The lowest BCUT2D eigenvalue weighted by atomic mass is 9.98. The minimum absolute atomic E-state index is 0.195. The lowest BCUT2D eigenvalue weighted by Gasteiger charge is -2.17. The van der Waals surface area contributed by atoms with Gasteiger partial charge in [0.2, 0.25) is 0 Å². The molecule has 0 heterocycles. The van der Waals surface area contributed by atoms with E-state index in [0.717, 1.165) is 12.1 Å². The third-order valence-corrected chi connectivity index (χ3v) is 4.71. The number of ether oxygens (including phenoxy) is 1. The maximum Gasteiger partial charge on any atom is 0.416 e. The second kappa shape index (κ2) is 9.77. The Morgan fingerprint density at radius 2 is 1.67 bits per heavy atom.